The number of esters is 1. The van der Waals surface area contributed by atoms with Crippen LogP contribution in [0, 0.1) is 26.7 Å². The fourth-order valence-corrected chi connectivity index (χ4v) is 5.67. The van der Waals surface area contributed by atoms with E-state index in [0.29, 0.717) is 27.8 Å². The van der Waals surface area contributed by atoms with Crippen molar-refractivity contribution < 1.29 is 23.9 Å². The van der Waals surface area contributed by atoms with Gasteiger partial charge in [0.2, 0.25) is 11.7 Å². The van der Waals surface area contributed by atoms with Gasteiger partial charge in [-0.1, -0.05) is 47.0 Å². The van der Waals surface area contributed by atoms with E-state index in [0.717, 1.165) is 16.0 Å². The molecule has 1 fully saturated rings. The summed E-state index contributed by atoms with van der Waals surface area (Å²) in [5.74, 6) is -3.83. The number of anilines is 2. The maximum absolute atomic E-state index is 14.5. The Bertz CT molecular complexity index is 1850. The highest BCUT2D eigenvalue weighted by atomic mass is 35.5. The molecule has 0 radical (unpaired) electrons. The average molecular weight is 610 g/mol. The summed E-state index contributed by atoms with van der Waals surface area (Å²) in [5, 5.41) is 10.9. The van der Waals surface area contributed by atoms with E-state index in [1.54, 1.807) is 62.4 Å². The highest BCUT2D eigenvalue weighted by molar-refractivity contribution is 6.54. The van der Waals surface area contributed by atoms with Crippen molar-refractivity contribution in [3.63, 3.8) is 0 Å². The minimum absolute atomic E-state index is 0.0477. The van der Waals surface area contributed by atoms with Gasteiger partial charge in [-0.2, -0.15) is 10.2 Å². The van der Waals surface area contributed by atoms with Crippen LogP contribution in [0.5, 0.6) is 0 Å². The van der Waals surface area contributed by atoms with Crippen LogP contribution >= 0.6 is 11.6 Å². The SMILES string of the molecule is CCOC(=O)c1nn(-c2ccc(C)cc2)c(C)c1C(=O)C1=NN(c2ccc(Cl)cc2)[C@@H]2C(=O)N(c3ccc(C)cc3)C(=O)[C@@H]12. The maximum Gasteiger partial charge on any atom is 0.359 e. The zero-order chi connectivity index (χ0) is 31.3. The van der Waals surface area contributed by atoms with E-state index < -0.39 is 35.5 Å². The number of carbonyl (C=O) groups excluding carboxylic acids is 4. The Kier molecular flexibility index (Phi) is 7.38. The van der Waals surface area contributed by atoms with Crippen LogP contribution in [-0.2, 0) is 14.3 Å². The molecule has 44 heavy (non-hydrogen) atoms. The summed E-state index contributed by atoms with van der Waals surface area (Å²) in [5.41, 5.74) is 3.41. The Morgan fingerprint density at radius 3 is 1.98 bits per heavy atom. The number of carbonyl (C=O) groups is 4. The minimum Gasteiger partial charge on any atom is -0.461 e. The number of amides is 2. The number of ketones is 1. The van der Waals surface area contributed by atoms with Crippen LogP contribution in [0.1, 0.15) is 44.6 Å². The van der Waals surface area contributed by atoms with E-state index in [-0.39, 0.29) is 23.6 Å². The normalized spacial score (nSPS) is 17.6. The van der Waals surface area contributed by atoms with Crippen molar-refractivity contribution in [3.05, 3.63) is 106 Å². The van der Waals surface area contributed by atoms with Crippen LogP contribution < -0.4 is 9.91 Å². The van der Waals surface area contributed by atoms with Gasteiger partial charge in [-0.05, 0) is 76.2 Å². The number of benzene rings is 3. The summed E-state index contributed by atoms with van der Waals surface area (Å²) in [6.45, 7) is 7.23. The molecule has 0 saturated carbocycles. The van der Waals surface area contributed by atoms with Gasteiger partial charge in [0.15, 0.2) is 5.69 Å². The lowest BCUT2D eigenvalue weighted by Gasteiger charge is -2.22. The van der Waals surface area contributed by atoms with Gasteiger partial charge in [-0.3, -0.25) is 19.4 Å². The molecule has 0 N–H and O–H groups in total. The summed E-state index contributed by atoms with van der Waals surface area (Å²) in [6, 6.07) is 19.9. The third-order valence-electron chi connectivity index (χ3n) is 7.76. The Morgan fingerprint density at radius 2 is 1.39 bits per heavy atom. The van der Waals surface area contributed by atoms with Gasteiger partial charge in [0.25, 0.3) is 5.91 Å². The molecule has 2 aliphatic rings. The zero-order valence-corrected chi connectivity index (χ0v) is 25.2. The second-order valence-electron chi connectivity index (χ2n) is 10.7. The largest absolute Gasteiger partial charge is 0.461 e. The van der Waals surface area contributed by atoms with E-state index in [1.165, 1.54) is 9.69 Å². The van der Waals surface area contributed by atoms with Crippen molar-refractivity contribution in [2.75, 3.05) is 16.5 Å². The molecule has 4 aromatic rings. The predicted octanol–water partition coefficient (Wildman–Crippen LogP) is 5.24. The lowest BCUT2D eigenvalue weighted by atomic mass is 9.91. The molecule has 2 atom stereocenters. The predicted molar refractivity (Wildman–Crippen MR) is 166 cm³/mol. The number of rotatable bonds is 7. The Hall–Kier alpha value is -5.09. The first-order chi connectivity index (χ1) is 21.1. The van der Waals surface area contributed by atoms with Gasteiger partial charge in [0, 0.05) is 5.02 Å². The molecule has 0 aliphatic carbocycles. The standard InChI is InChI=1S/C33H28ClN5O5/c1-5-44-33(43)28-25(20(4)38(36-28)23-14-8-19(3)9-15-23)30(40)27-26-29(39(35-27)24-16-10-21(34)11-17-24)32(42)37(31(26)41)22-12-6-18(2)7-13-22/h6-17,26,29H,5H2,1-4H3/t26-,29-/m0/s1. The topological polar surface area (TPSA) is 114 Å². The highest BCUT2D eigenvalue weighted by Crippen LogP contribution is 2.39. The number of hydrazone groups is 1. The monoisotopic (exact) mass is 609 g/mol. The number of aromatic nitrogens is 2. The van der Waals surface area contributed by atoms with Crippen LogP contribution in [0.2, 0.25) is 5.02 Å². The molecule has 11 heteroatoms. The van der Waals surface area contributed by atoms with E-state index in [9.17, 15) is 19.2 Å². The number of fused-ring (bicyclic) bond motifs is 1. The first kappa shape index (κ1) is 29.0. The van der Waals surface area contributed by atoms with Crippen molar-refractivity contribution in [1.82, 2.24) is 9.78 Å². The molecule has 2 amide bonds. The number of imide groups is 1. The van der Waals surface area contributed by atoms with Crippen LogP contribution in [0.4, 0.5) is 11.4 Å². The van der Waals surface area contributed by atoms with Gasteiger partial charge in [0.05, 0.1) is 34.9 Å². The molecule has 0 bridgehead atoms. The van der Waals surface area contributed by atoms with Crippen molar-refractivity contribution in [2.45, 2.75) is 33.7 Å². The van der Waals surface area contributed by atoms with Crippen LogP contribution in [0.3, 0.4) is 0 Å². The van der Waals surface area contributed by atoms with E-state index >= 15 is 0 Å². The first-order valence-corrected chi connectivity index (χ1v) is 14.4. The lowest BCUT2D eigenvalue weighted by molar-refractivity contribution is -0.121. The lowest BCUT2D eigenvalue weighted by Crippen LogP contribution is -2.39. The molecule has 0 spiro atoms. The fraction of sp³-hybridized carbons (Fsp3) is 0.212. The molecule has 0 unspecified atom stereocenters. The van der Waals surface area contributed by atoms with Crippen LogP contribution in [-0.4, -0.2) is 51.7 Å². The summed E-state index contributed by atoms with van der Waals surface area (Å²) >= 11 is 6.12. The van der Waals surface area contributed by atoms with Crippen molar-refractivity contribution in [1.29, 1.82) is 0 Å². The number of ether oxygens (including phenoxy) is 1. The zero-order valence-electron chi connectivity index (χ0n) is 24.4. The summed E-state index contributed by atoms with van der Waals surface area (Å²) in [7, 11) is 0. The van der Waals surface area contributed by atoms with Gasteiger partial charge < -0.3 is 4.74 Å². The Morgan fingerprint density at radius 1 is 0.818 bits per heavy atom. The second kappa shape index (κ2) is 11.2. The number of hydrogen-bond acceptors (Lipinski definition) is 8. The van der Waals surface area contributed by atoms with E-state index in [4.69, 9.17) is 16.3 Å². The number of aryl methyl sites for hydroxylation is 2. The van der Waals surface area contributed by atoms with E-state index in [1.807, 2.05) is 38.1 Å². The van der Waals surface area contributed by atoms with Crippen LogP contribution in [0.15, 0.2) is 77.9 Å². The molecule has 3 heterocycles. The van der Waals surface area contributed by atoms with Gasteiger partial charge in [0.1, 0.15) is 17.7 Å². The molecular weight excluding hydrogens is 582 g/mol. The molecule has 10 nitrogen and oxygen atoms in total. The third kappa shape index (κ3) is 4.77. The molecule has 3 aromatic carbocycles. The Labute approximate surface area is 258 Å². The third-order valence-corrected chi connectivity index (χ3v) is 8.01. The molecule has 6 rings (SSSR count). The number of hydrogen-bond donors (Lipinski definition) is 0. The molecular formula is C33H28ClN5O5. The van der Waals surface area contributed by atoms with Gasteiger partial charge in [-0.25, -0.2) is 14.4 Å². The van der Waals surface area contributed by atoms with Gasteiger partial charge in [-0.15, -0.1) is 0 Å². The summed E-state index contributed by atoms with van der Waals surface area (Å²) in [4.78, 5) is 56.7. The second-order valence-corrected chi connectivity index (χ2v) is 11.1. The van der Waals surface area contributed by atoms with Crippen LogP contribution in [0.25, 0.3) is 5.69 Å². The summed E-state index contributed by atoms with van der Waals surface area (Å²) in [6.07, 6.45) is 0. The number of nitrogens with zero attached hydrogens (tertiary/aromatic N) is 5. The maximum atomic E-state index is 14.5. The number of Topliss-reactive ketones (excluding diaryl/α,β-unsaturated/α-hetero) is 1. The van der Waals surface area contributed by atoms with Crippen molar-refractivity contribution in [2.24, 2.45) is 11.0 Å². The molecule has 222 valence electrons. The molecule has 1 aromatic heterocycles. The smallest absolute Gasteiger partial charge is 0.359 e. The quantitative estimate of drug-likeness (QED) is 0.160. The molecule has 1 saturated heterocycles. The van der Waals surface area contributed by atoms with E-state index in [2.05, 4.69) is 10.2 Å². The van der Waals surface area contributed by atoms with Crippen molar-refractivity contribution >= 4 is 52.3 Å². The molecule has 2 aliphatic heterocycles. The first-order valence-electron chi connectivity index (χ1n) is 14.1. The minimum atomic E-state index is -1.23. The average Bonchev–Trinajstić information content (AvgIpc) is 3.65. The number of halogens is 1. The van der Waals surface area contributed by atoms with Crippen molar-refractivity contribution in [3.8, 4) is 5.69 Å². The fourth-order valence-electron chi connectivity index (χ4n) is 5.54. The highest BCUT2D eigenvalue weighted by Gasteiger charge is 2.59. The Balaban J connectivity index is 1.50. The summed E-state index contributed by atoms with van der Waals surface area (Å²) < 4.78 is 6.75. The van der Waals surface area contributed by atoms with Gasteiger partial charge >= 0.3 is 5.97 Å².